The van der Waals surface area contributed by atoms with Crippen molar-refractivity contribution in [3.63, 3.8) is 0 Å². The molecule has 0 aliphatic carbocycles. The minimum Gasteiger partial charge on any atom is -0.454 e. The number of hydrogen-bond acceptors (Lipinski definition) is 3. The van der Waals surface area contributed by atoms with Gasteiger partial charge in [0.25, 0.3) is 5.82 Å². The van der Waals surface area contributed by atoms with Gasteiger partial charge in [-0.1, -0.05) is 60.7 Å². The Kier molecular flexibility index (Phi) is 4.88. The SMILES string of the molecule is Cc1ccc2c(oc3c(-c4cccc(-c5ccccc5)c4)c(F)ccc32)c1-c1nc(F)nc[n+]1C. The summed E-state index contributed by atoms with van der Waals surface area (Å²) in [4.78, 5) is 7.64. The van der Waals surface area contributed by atoms with Crippen molar-refractivity contribution in [3.05, 3.63) is 103 Å². The summed E-state index contributed by atoms with van der Waals surface area (Å²) in [6.07, 6.45) is 0.550. The van der Waals surface area contributed by atoms with E-state index in [4.69, 9.17) is 4.42 Å². The second-order valence-corrected chi connectivity index (χ2v) is 8.54. The Bertz CT molecular complexity index is 1740. The Morgan fingerprint density at radius 2 is 1.43 bits per heavy atom. The van der Waals surface area contributed by atoms with Crippen LogP contribution in [0.25, 0.3) is 55.6 Å². The van der Waals surface area contributed by atoms with E-state index in [0.717, 1.165) is 27.5 Å². The smallest absolute Gasteiger partial charge is 0.454 e. The van der Waals surface area contributed by atoms with E-state index in [9.17, 15) is 4.39 Å². The maximum atomic E-state index is 15.4. The standard InChI is InChI=1S/C29H20F2N3O/c1-17-11-12-21-22-13-14-23(30)25(20-10-6-9-19(15-20)18-7-4-3-5-8-18)27(22)35-26(21)24(17)28-33-29(31)32-16-34(28)2/h3-16H,1-2H3/q+1. The Hall–Kier alpha value is -4.45. The van der Waals surface area contributed by atoms with Crippen LogP contribution in [0, 0.1) is 18.8 Å². The lowest BCUT2D eigenvalue weighted by atomic mass is 9.97. The normalized spacial score (nSPS) is 11.4. The van der Waals surface area contributed by atoms with Crippen LogP contribution in [0.2, 0.25) is 0 Å². The molecule has 0 saturated carbocycles. The molecule has 35 heavy (non-hydrogen) atoms. The fourth-order valence-electron chi connectivity index (χ4n) is 4.63. The van der Waals surface area contributed by atoms with Crippen molar-refractivity contribution in [3.8, 4) is 33.6 Å². The molecular weight excluding hydrogens is 444 g/mol. The zero-order chi connectivity index (χ0) is 24.1. The Morgan fingerprint density at radius 1 is 0.743 bits per heavy atom. The lowest BCUT2D eigenvalue weighted by Crippen LogP contribution is -2.33. The van der Waals surface area contributed by atoms with Gasteiger partial charge in [-0.25, -0.2) is 8.96 Å². The van der Waals surface area contributed by atoms with Crippen molar-refractivity contribution in [2.75, 3.05) is 0 Å². The van der Waals surface area contributed by atoms with Gasteiger partial charge >= 0.3 is 6.08 Å². The first kappa shape index (κ1) is 21.1. The van der Waals surface area contributed by atoms with Gasteiger partial charge in [0.1, 0.15) is 17.0 Å². The third kappa shape index (κ3) is 3.46. The summed E-state index contributed by atoms with van der Waals surface area (Å²) >= 11 is 0. The van der Waals surface area contributed by atoms with Gasteiger partial charge < -0.3 is 4.42 Å². The van der Waals surface area contributed by atoms with Crippen LogP contribution >= 0.6 is 0 Å². The van der Waals surface area contributed by atoms with Crippen LogP contribution in [0.3, 0.4) is 0 Å². The molecule has 6 aromatic rings. The number of aryl methyl sites for hydroxylation is 2. The molecule has 0 unspecified atom stereocenters. The third-order valence-electron chi connectivity index (χ3n) is 6.32. The van der Waals surface area contributed by atoms with Crippen molar-refractivity contribution >= 4 is 21.9 Å². The molecule has 0 spiro atoms. The predicted molar refractivity (Wildman–Crippen MR) is 131 cm³/mol. The second-order valence-electron chi connectivity index (χ2n) is 8.54. The largest absolute Gasteiger partial charge is 0.461 e. The average molecular weight is 464 g/mol. The van der Waals surface area contributed by atoms with E-state index in [2.05, 4.69) is 9.97 Å². The lowest BCUT2D eigenvalue weighted by Gasteiger charge is -2.08. The first-order valence-corrected chi connectivity index (χ1v) is 11.2. The van der Waals surface area contributed by atoms with Gasteiger partial charge in [0.15, 0.2) is 0 Å². The molecule has 0 N–H and O–H groups in total. The first-order chi connectivity index (χ1) is 17.0. The van der Waals surface area contributed by atoms with Crippen molar-refractivity contribution in [1.29, 1.82) is 0 Å². The van der Waals surface area contributed by atoms with E-state index in [1.807, 2.05) is 73.7 Å². The van der Waals surface area contributed by atoms with Crippen LogP contribution in [0.1, 0.15) is 5.56 Å². The van der Waals surface area contributed by atoms with Gasteiger partial charge in [-0.15, -0.1) is 4.39 Å². The van der Waals surface area contributed by atoms with E-state index in [0.29, 0.717) is 33.7 Å². The molecule has 0 fully saturated rings. The zero-order valence-corrected chi connectivity index (χ0v) is 19.1. The summed E-state index contributed by atoms with van der Waals surface area (Å²) in [5.41, 5.74) is 5.60. The van der Waals surface area contributed by atoms with Crippen LogP contribution in [0.4, 0.5) is 8.78 Å². The second kappa shape index (κ2) is 8.09. The average Bonchev–Trinajstić information content (AvgIpc) is 3.24. The zero-order valence-electron chi connectivity index (χ0n) is 19.1. The summed E-state index contributed by atoms with van der Waals surface area (Å²) < 4.78 is 37.4. The summed E-state index contributed by atoms with van der Waals surface area (Å²) in [6.45, 7) is 1.91. The predicted octanol–water partition coefficient (Wildman–Crippen LogP) is 6.79. The molecule has 0 aliphatic rings. The van der Waals surface area contributed by atoms with Crippen molar-refractivity contribution in [2.45, 2.75) is 6.92 Å². The Labute approximate surface area is 200 Å². The minimum absolute atomic E-state index is 0.376. The molecular formula is C29H20F2N3O+. The summed E-state index contributed by atoms with van der Waals surface area (Å²) in [7, 11) is 1.75. The van der Waals surface area contributed by atoms with Gasteiger partial charge in [-0.2, -0.15) is 0 Å². The van der Waals surface area contributed by atoms with E-state index < -0.39 is 6.08 Å². The van der Waals surface area contributed by atoms with Crippen LogP contribution in [0.15, 0.2) is 89.6 Å². The molecule has 2 heterocycles. The molecule has 0 amide bonds. The maximum absolute atomic E-state index is 15.4. The first-order valence-electron chi connectivity index (χ1n) is 11.2. The Balaban J connectivity index is 1.64. The molecule has 6 heteroatoms. The topological polar surface area (TPSA) is 42.8 Å². The molecule has 0 saturated heterocycles. The molecule has 2 aromatic heterocycles. The monoisotopic (exact) mass is 464 g/mol. The molecule has 4 aromatic carbocycles. The number of benzene rings is 4. The van der Waals surface area contributed by atoms with Crippen LogP contribution < -0.4 is 4.57 Å². The van der Waals surface area contributed by atoms with Crippen LogP contribution in [0.5, 0.6) is 0 Å². The fourth-order valence-corrected chi connectivity index (χ4v) is 4.63. The quantitative estimate of drug-likeness (QED) is 0.271. The highest BCUT2D eigenvalue weighted by Gasteiger charge is 2.25. The van der Waals surface area contributed by atoms with E-state index in [1.165, 1.54) is 12.4 Å². The molecule has 0 aliphatic heterocycles. The maximum Gasteiger partial charge on any atom is 0.461 e. The number of aromatic nitrogens is 3. The molecule has 6 rings (SSSR count). The highest BCUT2D eigenvalue weighted by atomic mass is 19.1. The molecule has 0 bridgehead atoms. The minimum atomic E-state index is -0.824. The van der Waals surface area contributed by atoms with Crippen LogP contribution in [-0.2, 0) is 7.05 Å². The highest BCUT2D eigenvalue weighted by molar-refractivity contribution is 6.13. The van der Waals surface area contributed by atoms with Crippen molar-refractivity contribution in [2.24, 2.45) is 7.05 Å². The number of nitrogens with zero attached hydrogens (tertiary/aromatic N) is 3. The number of furan rings is 1. The van der Waals surface area contributed by atoms with Crippen LogP contribution in [-0.4, -0.2) is 9.97 Å². The van der Waals surface area contributed by atoms with Gasteiger partial charge in [0.2, 0.25) is 6.33 Å². The number of fused-ring (bicyclic) bond motifs is 3. The summed E-state index contributed by atoms with van der Waals surface area (Å²) in [5, 5.41) is 1.58. The fraction of sp³-hybridized carbons (Fsp3) is 0.0690. The number of hydrogen-bond donors (Lipinski definition) is 0. The van der Waals surface area contributed by atoms with Gasteiger partial charge in [0.05, 0.1) is 18.2 Å². The summed E-state index contributed by atoms with van der Waals surface area (Å²) in [6, 6.07) is 24.8. The van der Waals surface area contributed by atoms with E-state index in [1.54, 1.807) is 17.7 Å². The summed E-state index contributed by atoms with van der Waals surface area (Å²) in [5.74, 6) is 0.00595. The third-order valence-corrected chi connectivity index (χ3v) is 6.32. The highest BCUT2D eigenvalue weighted by Crippen LogP contribution is 2.41. The van der Waals surface area contributed by atoms with E-state index in [-0.39, 0.29) is 5.82 Å². The van der Waals surface area contributed by atoms with Gasteiger partial charge in [0, 0.05) is 10.8 Å². The van der Waals surface area contributed by atoms with Gasteiger partial charge in [-0.3, -0.25) is 0 Å². The number of rotatable bonds is 3. The van der Waals surface area contributed by atoms with Crippen molar-refractivity contribution in [1.82, 2.24) is 9.97 Å². The lowest BCUT2D eigenvalue weighted by molar-refractivity contribution is -0.666. The molecule has 170 valence electrons. The molecule has 0 atom stereocenters. The molecule has 4 nitrogen and oxygen atoms in total. The Morgan fingerprint density at radius 3 is 2.23 bits per heavy atom. The van der Waals surface area contributed by atoms with E-state index >= 15 is 4.39 Å². The molecule has 0 radical (unpaired) electrons. The van der Waals surface area contributed by atoms with Crippen molar-refractivity contribution < 1.29 is 17.8 Å². The van der Waals surface area contributed by atoms with Gasteiger partial charge in [-0.05, 0) is 57.3 Å². The number of halogens is 2.